The van der Waals surface area contributed by atoms with Gasteiger partial charge in [-0.25, -0.2) is 0 Å². The summed E-state index contributed by atoms with van der Waals surface area (Å²) in [5.41, 5.74) is 0. The predicted molar refractivity (Wildman–Crippen MR) is 73.5 cm³/mol. The van der Waals surface area contributed by atoms with E-state index >= 15 is 0 Å². The van der Waals surface area contributed by atoms with Crippen molar-refractivity contribution in [3.8, 4) is 0 Å². The van der Waals surface area contributed by atoms with E-state index in [0.717, 1.165) is 38.6 Å². The second-order valence-corrected chi connectivity index (χ2v) is 5.22. The molecule has 1 rings (SSSR count). The van der Waals surface area contributed by atoms with E-state index in [4.69, 9.17) is 4.74 Å². The lowest BCUT2D eigenvalue weighted by molar-refractivity contribution is -0.148. The Morgan fingerprint density at radius 1 is 1.50 bits per heavy atom. The van der Waals surface area contributed by atoms with Crippen LogP contribution in [0.1, 0.15) is 33.6 Å². The van der Waals surface area contributed by atoms with E-state index in [1.54, 1.807) is 0 Å². The molecule has 18 heavy (non-hydrogen) atoms. The van der Waals surface area contributed by atoms with Gasteiger partial charge in [-0.05, 0) is 45.3 Å². The summed E-state index contributed by atoms with van der Waals surface area (Å²) in [4.78, 5) is 14.0. The maximum Gasteiger partial charge on any atom is 0.309 e. The molecule has 0 aliphatic carbocycles. The Balaban J connectivity index is 2.33. The van der Waals surface area contributed by atoms with Gasteiger partial charge in [-0.1, -0.05) is 13.8 Å². The van der Waals surface area contributed by atoms with Crippen LogP contribution in [0, 0.1) is 11.8 Å². The molecule has 1 aliphatic heterocycles. The van der Waals surface area contributed by atoms with Gasteiger partial charge in [0.15, 0.2) is 0 Å². The van der Waals surface area contributed by atoms with Crippen molar-refractivity contribution in [2.45, 2.75) is 33.6 Å². The Bertz CT molecular complexity index is 240. The van der Waals surface area contributed by atoms with E-state index in [2.05, 4.69) is 17.1 Å². The molecule has 0 bridgehead atoms. The number of hydrogen-bond acceptors (Lipinski definition) is 4. The molecule has 4 heteroatoms. The fourth-order valence-corrected chi connectivity index (χ4v) is 2.52. The number of esters is 1. The third kappa shape index (κ3) is 5.36. The van der Waals surface area contributed by atoms with Gasteiger partial charge in [-0.3, -0.25) is 4.79 Å². The van der Waals surface area contributed by atoms with E-state index in [9.17, 15) is 4.79 Å². The van der Waals surface area contributed by atoms with Crippen molar-refractivity contribution < 1.29 is 9.53 Å². The van der Waals surface area contributed by atoms with E-state index in [1.807, 2.05) is 13.8 Å². The molecule has 0 radical (unpaired) electrons. The standard InChI is InChI=1S/C14H28N2O2/c1-4-16(10-12(3)14(17)18-5-2)11-13-7-6-8-15-9-13/h12-13,15H,4-11H2,1-3H3. The minimum atomic E-state index is -0.0716. The molecule has 0 aromatic heterocycles. The molecule has 1 fully saturated rings. The number of ether oxygens (including phenoxy) is 1. The highest BCUT2D eigenvalue weighted by atomic mass is 16.5. The van der Waals surface area contributed by atoms with E-state index < -0.39 is 0 Å². The van der Waals surface area contributed by atoms with Crippen LogP contribution >= 0.6 is 0 Å². The number of piperidine rings is 1. The smallest absolute Gasteiger partial charge is 0.309 e. The number of rotatable bonds is 7. The first kappa shape index (κ1) is 15.4. The molecular weight excluding hydrogens is 228 g/mol. The molecule has 0 amide bonds. The summed E-state index contributed by atoms with van der Waals surface area (Å²) in [5, 5.41) is 3.44. The van der Waals surface area contributed by atoms with Crippen LogP contribution < -0.4 is 5.32 Å². The van der Waals surface area contributed by atoms with Gasteiger partial charge >= 0.3 is 5.97 Å². The first-order valence-corrected chi connectivity index (χ1v) is 7.27. The Kier molecular flexibility index (Phi) is 7.28. The van der Waals surface area contributed by atoms with Gasteiger partial charge in [-0.15, -0.1) is 0 Å². The van der Waals surface area contributed by atoms with Crippen molar-refractivity contribution in [1.29, 1.82) is 0 Å². The second kappa shape index (κ2) is 8.48. The summed E-state index contributed by atoms with van der Waals surface area (Å²) in [7, 11) is 0. The van der Waals surface area contributed by atoms with E-state index in [-0.39, 0.29) is 11.9 Å². The van der Waals surface area contributed by atoms with Crippen molar-refractivity contribution in [2.75, 3.05) is 39.3 Å². The van der Waals surface area contributed by atoms with Gasteiger partial charge in [0.25, 0.3) is 0 Å². The van der Waals surface area contributed by atoms with Crippen molar-refractivity contribution in [1.82, 2.24) is 10.2 Å². The van der Waals surface area contributed by atoms with Crippen LogP contribution in [-0.4, -0.2) is 50.2 Å². The van der Waals surface area contributed by atoms with Gasteiger partial charge in [-0.2, -0.15) is 0 Å². The Hall–Kier alpha value is -0.610. The fourth-order valence-electron chi connectivity index (χ4n) is 2.52. The third-order valence-corrected chi connectivity index (χ3v) is 3.58. The van der Waals surface area contributed by atoms with Gasteiger partial charge in [0, 0.05) is 13.1 Å². The maximum absolute atomic E-state index is 11.6. The normalized spacial score (nSPS) is 21.9. The van der Waals surface area contributed by atoms with Crippen LogP contribution in [0.5, 0.6) is 0 Å². The van der Waals surface area contributed by atoms with E-state index in [0.29, 0.717) is 6.61 Å². The molecule has 0 saturated carbocycles. The zero-order valence-corrected chi connectivity index (χ0v) is 12.1. The number of carbonyl (C=O) groups is 1. The summed E-state index contributed by atoms with van der Waals surface area (Å²) in [6, 6.07) is 0. The van der Waals surface area contributed by atoms with Crippen LogP contribution in [0.25, 0.3) is 0 Å². The lowest BCUT2D eigenvalue weighted by Gasteiger charge is -2.30. The summed E-state index contributed by atoms with van der Waals surface area (Å²) in [6.07, 6.45) is 2.58. The highest BCUT2D eigenvalue weighted by Gasteiger charge is 2.21. The Morgan fingerprint density at radius 3 is 2.83 bits per heavy atom. The molecular formula is C14H28N2O2. The van der Waals surface area contributed by atoms with Crippen LogP contribution in [0.2, 0.25) is 0 Å². The molecule has 2 atom stereocenters. The number of carbonyl (C=O) groups excluding carboxylic acids is 1. The monoisotopic (exact) mass is 256 g/mol. The average molecular weight is 256 g/mol. The van der Waals surface area contributed by atoms with Crippen LogP contribution in [0.15, 0.2) is 0 Å². The van der Waals surface area contributed by atoms with Crippen LogP contribution in [0.3, 0.4) is 0 Å². The quantitative estimate of drug-likeness (QED) is 0.701. The maximum atomic E-state index is 11.6. The molecule has 1 N–H and O–H groups in total. The summed E-state index contributed by atoms with van der Waals surface area (Å²) >= 11 is 0. The zero-order valence-electron chi connectivity index (χ0n) is 12.1. The van der Waals surface area contributed by atoms with E-state index in [1.165, 1.54) is 12.8 Å². The molecule has 2 unspecified atom stereocenters. The molecule has 4 nitrogen and oxygen atoms in total. The summed E-state index contributed by atoms with van der Waals surface area (Å²) < 4.78 is 5.06. The number of hydrogen-bond donors (Lipinski definition) is 1. The second-order valence-electron chi connectivity index (χ2n) is 5.22. The van der Waals surface area contributed by atoms with Gasteiger partial charge in [0.1, 0.15) is 0 Å². The topological polar surface area (TPSA) is 41.6 Å². The van der Waals surface area contributed by atoms with Gasteiger partial charge in [0.2, 0.25) is 0 Å². The fraction of sp³-hybridized carbons (Fsp3) is 0.929. The Labute approximate surface area is 111 Å². The molecule has 1 heterocycles. The zero-order chi connectivity index (χ0) is 13.4. The minimum Gasteiger partial charge on any atom is -0.466 e. The van der Waals surface area contributed by atoms with Crippen LogP contribution in [0.4, 0.5) is 0 Å². The average Bonchev–Trinajstić information content (AvgIpc) is 2.39. The minimum absolute atomic E-state index is 0.0264. The van der Waals surface area contributed by atoms with Crippen molar-refractivity contribution >= 4 is 5.97 Å². The lowest BCUT2D eigenvalue weighted by atomic mass is 9.98. The molecule has 0 aromatic carbocycles. The van der Waals surface area contributed by atoms with Gasteiger partial charge in [0.05, 0.1) is 12.5 Å². The molecule has 0 spiro atoms. The SMILES string of the molecule is CCOC(=O)C(C)CN(CC)CC1CCCNC1. The highest BCUT2D eigenvalue weighted by molar-refractivity contribution is 5.72. The van der Waals surface area contributed by atoms with Crippen molar-refractivity contribution in [3.63, 3.8) is 0 Å². The lowest BCUT2D eigenvalue weighted by Crippen LogP contribution is -2.41. The molecule has 1 aliphatic rings. The Morgan fingerprint density at radius 2 is 2.28 bits per heavy atom. The first-order valence-electron chi connectivity index (χ1n) is 7.27. The molecule has 106 valence electrons. The summed E-state index contributed by atoms with van der Waals surface area (Å²) in [5.74, 6) is 0.632. The molecule has 1 saturated heterocycles. The van der Waals surface area contributed by atoms with Crippen molar-refractivity contribution in [3.05, 3.63) is 0 Å². The third-order valence-electron chi connectivity index (χ3n) is 3.58. The predicted octanol–water partition coefficient (Wildman–Crippen LogP) is 1.51. The van der Waals surface area contributed by atoms with Crippen LogP contribution in [-0.2, 0) is 9.53 Å². The molecule has 0 aromatic rings. The largest absolute Gasteiger partial charge is 0.466 e. The van der Waals surface area contributed by atoms with Gasteiger partial charge < -0.3 is 15.0 Å². The van der Waals surface area contributed by atoms with Crippen molar-refractivity contribution in [2.24, 2.45) is 11.8 Å². The number of nitrogens with one attached hydrogen (secondary N) is 1. The summed E-state index contributed by atoms with van der Waals surface area (Å²) in [6.45, 7) is 11.6. The number of nitrogens with zero attached hydrogens (tertiary/aromatic N) is 1. The highest BCUT2D eigenvalue weighted by Crippen LogP contribution is 2.13. The first-order chi connectivity index (χ1) is 8.67.